The standard InChI is InChI=1S/C17H27NO3/c1-13-8-9-15(11-14(13)2)21-10-6-7-16(19)18(5)12-17(3,4)20/h8-9,11,20H,6-7,10,12H2,1-5H3. The summed E-state index contributed by atoms with van der Waals surface area (Å²) in [5, 5.41) is 9.69. The van der Waals surface area contributed by atoms with E-state index in [0.717, 1.165) is 5.75 Å². The van der Waals surface area contributed by atoms with E-state index in [0.29, 0.717) is 26.0 Å². The van der Waals surface area contributed by atoms with Gasteiger partial charge in [0.05, 0.1) is 12.2 Å². The molecule has 1 rings (SSSR count). The third-order valence-corrected chi connectivity index (χ3v) is 3.33. The van der Waals surface area contributed by atoms with Crippen LogP contribution in [0.2, 0.25) is 0 Å². The number of benzene rings is 1. The average molecular weight is 293 g/mol. The minimum atomic E-state index is -0.861. The molecule has 0 aliphatic carbocycles. The van der Waals surface area contributed by atoms with Crippen molar-refractivity contribution in [2.75, 3.05) is 20.2 Å². The van der Waals surface area contributed by atoms with Gasteiger partial charge in [0.1, 0.15) is 5.75 Å². The lowest BCUT2D eigenvalue weighted by molar-refractivity contribution is -0.132. The second kappa shape index (κ2) is 7.46. The predicted molar refractivity (Wildman–Crippen MR) is 84.6 cm³/mol. The molecule has 0 aliphatic heterocycles. The number of carbonyl (C=O) groups is 1. The number of aliphatic hydroxyl groups is 1. The zero-order valence-electron chi connectivity index (χ0n) is 13.8. The quantitative estimate of drug-likeness (QED) is 0.786. The molecule has 4 nitrogen and oxygen atoms in total. The molecule has 118 valence electrons. The number of ether oxygens (including phenoxy) is 1. The van der Waals surface area contributed by atoms with Crippen molar-refractivity contribution < 1.29 is 14.6 Å². The zero-order valence-corrected chi connectivity index (χ0v) is 13.8. The first-order valence-electron chi connectivity index (χ1n) is 7.35. The van der Waals surface area contributed by atoms with Gasteiger partial charge in [-0.25, -0.2) is 0 Å². The Balaban J connectivity index is 2.30. The van der Waals surface area contributed by atoms with E-state index >= 15 is 0 Å². The summed E-state index contributed by atoms with van der Waals surface area (Å²) in [4.78, 5) is 13.5. The minimum absolute atomic E-state index is 0.0285. The third-order valence-electron chi connectivity index (χ3n) is 3.33. The number of rotatable bonds is 7. The molecular formula is C17H27NO3. The highest BCUT2D eigenvalue weighted by atomic mass is 16.5. The van der Waals surface area contributed by atoms with Crippen LogP contribution in [0.3, 0.4) is 0 Å². The van der Waals surface area contributed by atoms with E-state index in [1.807, 2.05) is 18.2 Å². The van der Waals surface area contributed by atoms with Crippen LogP contribution in [0.5, 0.6) is 5.75 Å². The van der Waals surface area contributed by atoms with Crippen molar-refractivity contribution in [3.8, 4) is 5.75 Å². The van der Waals surface area contributed by atoms with Crippen LogP contribution in [-0.4, -0.2) is 41.7 Å². The summed E-state index contributed by atoms with van der Waals surface area (Å²) in [6.07, 6.45) is 1.10. The van der Waals surface area contributed by atoms with Gasteiger partial charge in [-0.3, -0.25) is 4.79 Å². The Morgan fingerprint density at radius 1 is 1.29 bits per heavy atom. The maximum absolute atomic E-state index is 11.9. The normalized spacial score (nSPS) is 11.3. The third kappa shape index (κ3) is 6.63. The van der Waals surface area contributed by atoms with E-state index in [4.69, 9.17) is 4.74 Å². The highest BCUT2D eigenvalue weighted by Gasteiger charge is 2.18. The minimum Gasteiger partial charge on any atom is -0.494 e. The van der Waals surface area contributed by atoms with Crippen LogP contribution in [-0.2, 0) is 4.79 Å². The SMILES string of the molecule is Cc1ccc(OCCCC(=O)N(C)CC(C)(C)O)cc1C. The van der Waals surface area contributed by atoms with Crippen LogP contribution in [0.1, 0.15) is 37.8 Å². The molecule has 0 heterocycles. The van der Waals surface area contributed by atoms with Gasteiger partial charge in [-0.15, -0.1) is 0 Å². The van der Waals surface area contributed by atoms with Crippen LogP contribution in [0.4, 0.5) is 0 Å². The number of carbonyl (C=O) groups excluding carboxylic acids is 1. The van der Waals surface area contributed by atoms with Crippen molar-refractivity contribution in [3.63, 3.8) is 0 Å². The number of nitrogens with zero attached hydrogens (tertiary/aromatic N) is 1. The first-order chi connectivity index (χ1) is 9.69. The lowest BCUT2D eigenvalue weighted by Gasteiger charge is -2.25. The number of hydrogen-bond donors (Lipinski definition) is 1. The van der Waals surface area contributed by atoms with Gasteiger partial charge in [-0.05, 0) is 57.4 Å². The van der Waals surface area contributed by atoms with Crippen LogP contribution >= 0.6 is 0 Å². The smallest absolute Gasteiger partial charge is 0.222 e. The molecule has 0 bridgehead atoms. The molecule has 21 heavy (non-hydrogen) atoms. The molecule has 1 aromatic rings. The molecule has 0 fully saturated rings. The number of hydrogen-bond acceptors (Lipinski definition) is 3. The van der Waals surface area contributed by atoms with E-state index in [1.54, 1.807) is 25.8 Å². The average Bonchev–Trinajstić information content (AvgIpc) is 2.36. The Bertz CT molecular complexity index is 477. The molecule has 0 saturated carbocycles. The molecule has 0 aromatic heterocycles. The van der Waals surface area contributed by atoms with Crippen molar-refractivity contribution in [1.29, 1.82) is 0 Å². The number of aryl methyl sites for hydroxylation is 2. The summed E-state index contributed by atoms with van der Waals surface area (Å²) < 4.78 is 5.65. The van der Waals surface area contributed by atoms with E-state index in [-0.39, 0.29) is 5.91 Å². The van der Waals surface area contributed by atoms with Gasteiger partial charge in [0.2, 0.25) is 5.91 Å². The Morgan fingerprint density at radius 2 is 1.95 bits per heavy atom. The van der Waals surface area contributed by atoms with Crippen molar-refractivity contribution >= 4 is 5.91 Å². The Morgan fingerprint density at radius 3 is 2.52 bits per heavy atom. The summed E-state index contributed by atoms with van der Waals surface area (Å²) in [7, 11) is 1.71. The van der Waals surface area contributed by atoms with Gasteiger partial charge in [0.15, 0.2) is 0 Å². The highest BCUT2D eigenvalue weighted by molar-refractivity contribution is 5.75. The maximum Gasteiger partial charge on any atom is 0.222 e. The first-order valence-corrected chi connectivity index (χ1v) is 7.35. The van der Waals surface area contributed by atoms with Crippen LogP contribution in [0.15, 0.2) is 18.2 Å². The summed E-state index contributed by atoms with van der Waals surface area (Å²) >= 11 is 0. The zero-order chi connectivity index (χ0) is 16.0. The molecular weight excluding hydrogens is 266 g/mol. The van der Waals surface area contributed by atoms with Crippen molar-refractivity contribution in [1.82, 2.24) is 4.90 Å². The monoisotopic (exact) mass is 293 g/mol. The topological polar surface area (TPSA) is 49.8 Å². The fourth-order valence-corrected chi connectivity index (χ4v) is 2.08. The number of amides is 1. The molecule has 0 aliphatic rings. The Kier molecular flexibility index (Phi) is 6.21. The summed E-state index contributed by atoms with van der Waals surface area (Å²) in [6.45, 7) is 8.36. The summed E-state index contributed by atoms with van der Waals surface area (Å²) in [5.74, 6) is 0.871. The molecule has 1 aromatic carbocycles. The van der Waals surface area contributed by atoms with Crippen LogP contribution in [0, 0.1) is 13.8 Å². The predicted octanol–water partition coefficient (Wildman–Crippen LogP) is 2.69. The second-order valence-corrected chi connectivity index (χ2v) is 6.26. The summed E-state index contributed by atoms with van der Waals surface area (Å²) in [6, 6.07) is 6.00. The van der Waals surface area contributed by atoms with Gasteiger partial charge in [0, 0.05) is 20.0 Å². The lowest BCUT2D eigenvalue weighted by Crippen LogP contribution is -2.39. The van der Waals surface area contributed by atoms with Crippen molar-refractivity contribution in [3.05, 3.63) is 29.3 Å². The van der Waals surface area contributed by atoms with Gasteiger partial charge in [-0.2, -0.15) is 0 Å². The Labute approximate surface area is 127 Å². The van der Waals surface area contributed by atoms with Crippen molar-refractivity contribution in [2.24, 2.45) is 0 Å². The molecule has 0 unspecified atom stereocenters. The molecule has 0 radical (unpaired) electrons. The lowest BCUT2D eigenvalue weighted by atomic mass is 10.1. The van der Waals surface area contributed by atoms with Crippen LogP contribution < -0.4 is 4.74 Å². The van der Waals surface area contributed by atoms with Gasteiger partial charge < -0.3 is 14.7 Å². The van der Waals surface area contributed by atoms with E-state index < -0.39 is 5.60 Å². The fourth-order valence-electron chi connectivity index (χ4n) is 2.08. The molecule has 1 N–H and O–H groups in total. The molecule has 4 heteroatoms. The molecule has 0 spiro atoms. The van der Waals surface area contributed by atoms with Gasteiger partial charge >= 0.3 is 0 Å². The Hall–Kier alpha value is -1.55. The van der Waals surface area contributed by atoms with Crippen molar-refractivity contribution in [2.45, 2.75) is 46.1 Å². The molecule has 0 saturated heterocycles. The van der Waals surface area contributed by atoms with E-state index in [9.17, 15) is 9.90 Å². The van der Waals surface area contributed by atoms with Gasteiger partial charge in [-0.1, -0.05) is 6.07 Å². The number of likely N-dealkylation sites (N-methyl/N-ethyl adjacent to an activating group) is 1. The largest absolute Gasteiger partial charge is 0.494 e. The summed E-state index contributed by atoms with van der Waals surface area (Å²) in [5.41, 5.74) is 1.58. The maximum atomic E-state index is 11.9. The second-order valence-electron chi connectivity index (χ2n) is 6.26. The molecule has 0 atom stereocenters. The van der Waals surface area contributed by atoms with E-state index in [1.165, 1.54) is 11.1 Å². The van der Waals surface area contributed by atoms with E-state index in [2.05, 4.69) is 13.8 Å². The molecule has 1 amide bonds. The highest BCUT2D eigenvalue weighted by Crippen LogP contribution is 2.16. The van der Waals surface area contributed by atoms with Crippen LogP contribution in [0.25, 0.3) is 0 Å². The van der Waals surface area contributed by atoms with Gasteiger partial charge in [0.25, 0.3) is 0 Å². The fraction of sp³-hybridized carbons (Fsp3) is 0.588. The first kappa shape index (κ1) is 17.5.